The summed E-state index contributed by atoms with van der Waals surface area (Å²) >= 11 is 3.57. The summed E-state index contributed by atoms with van der Waals surface area (Å²) in [6.45, 7) is 3.07. The summed E-state index contributed by atoms with van der Waals surface area (Å²) < 4.78 is 6.91. The summed E-state index contributed by atoms with van der Waals surface area (Å²) in [4.78, 5) is 0. The third kappa shape index (κ3) is 4.87. The van der Waals surface area contributed by atoms with Gasteiger partial charge in [-0.2, -0.15) is 0 Å². The van der Waals surface area contributed by atoms with Crippen LogP contribution in [0.3, 0.4) is 0 Å². The molecule has 2 rings (SSSR count). The Morgan fingerprint density at radius 3 is 2.38 bits per heavy atom. The molecule has 0 aromatic heterocycles. The number of hydrogen-bond donors (Lipinski definition) is 1. The van der Waals surface area contributed by atoms with E-state index in [1.807, 2.05) is 25.2 Å². The number of benzene rings is 2. The van der Waals surface area contributed by atoms with Gasteiger partial charge in [0, 0.05) is 6.54 Å². The molecule has 0 fully saturated rings. The summed E-state index contributed by atoms with van der Waals surface area (Å²) in [5.41, 5.74) is 2.60. The molecule has 2 nitrogen and oxygen atoms in total. The van der Waals surface area contributed by atoms with Crippen LogP contribution in [0, 0.1) is 0 Å². The Kier molecular flexibility index (Phi) is 6.27. The normalized spacial score (nSPS) is 10.6. The van der Waals surface area contributed by atoms with E-state index < -0.39 is 0 Å². The van der Waals surface area contributed by atoms with Crippen molar-refractivity contribution in [3.05, 3.63) is 58.1 Å². The van der Waals surface area contributed by atoms with Gasteiger partial charge in [-0.3, -0.25) is 0 Å². The first-order valence-corrected chi connectivity index (χ1v) is 8.22. The van der Waals surface area contributed by atoms with Crippen molar-refractivity contribution in [3.8, 4) is 11.5 Å². The fourth-order valence-corrected chi connectivity index (χ4v) is 2.68. The second kappa shape index (κ2) is 8.20. The highest BCUT2D eigenvalue weighted by atomic mass is 79.9. The molecule has 1 N–H and O–H groups in total. The number of hydrogen-bond acceptors (Lipinski definition) is 2. The van der Waals surface area contributed by atoms with E-state index in [0.29, 0.717) is 0 Å². The maximum Gasteiger partial charge on any atom is 0.141 e. The molecule has 0 radical (unpaired) electrons. The molecule has 0 aliphatic carbocycles. The average molecular weight is 348 g/mol. The van der Waals surface area contributed by atoms with Crippen molar-refractivity contribution >= 4 is 15.9 Å². The van der Waals surface area contributed by atoms with Crippen molar-refractivity contribution in [1.82, 2.24) is 5.32 Å². The molecule has 0 saturated heterocycles. The minimum Gasteiger partial charge on any atom is -0.456 e. The third-order valence-corrected chi connectivity index (χ3v) is 3.97. The maximum atomic E-state index is 5.93. The van der Waals surface area contributed by atoms with E-state index in [0.717, 1.165) is 28.9 Å². The summed E-state index contributed by atoms with van der Waals surface area (Å²) in [5.74, 6) is 1.72. The molecule has 0 unspecified atom stereocenters. The molecule has 0 aliphatic rings. The Labute approximate surface area is 135 Å². The molecular formula is C18H22BrNO. The summed E-state index contributed by atoms with van der Waals surface area (Å²) in [7, 11) is 1.94. The summed E-state index contributed by atoms with van der Waals surface area (Å²) in [6.07, 6.45) is 3.60. The zero-order chi connectivity index (χ0) is 15.1. The van der Waals surface area contributed by atoms with Crippen molar-refractivity contribution in [2.24, 2.45) is 0 Å². The van der Waals surface area contributed by atoms with Crippen molar-refractivity contribution in [3.63, 3.8) is 0 Å². The van der Waals surface area contributed by atoms with E-state index in [1.165, 1.54) is 24.0 Å². The van der Waals surface area contributed by atoms with Crippen LogP contribution in [0.15, 0.2) is 46.9 Å². The maximum absolute atomic E-state index is 5.93. The number of nitrogens with one attached hydrogen (secondary N) is 1. The molecule has 0 saturated carbocycles. The molecule has 0 heterocycles. The lowest BCUT2D eigenvalue weighted by atomic mass is 10.1. The first-order valence-electron chi connectivity index (χ1n) is 7.42. The smallest absolute Gasteiger partial charge is 0.141 e. The molecule has 0 bridgehead atoms. The van der Waals surface area contributed by atoms with Gasteiger partial charge in [0.2, 0.25) is 0 Å². The van der Waals surface area contributed by atoms with Crippen LogP contribution in [0.25, 0.3) is 0 Å². The largest absolute Gasteiger partial charge is 0.456 e. The number of rotatable bonds is 7. The van der Waals surface area contributed by atoms with Crippen molar-refractivity contribution < 1.29 is 4.74 Å². The van der Waals surface area contributed by atoms with E-state index in [1.54, 1.807) is 0 Å². The number of aryl methyl sites for hydroxylation is 1. The topological polar surface area (TPSA) is 21.3 Å². The Bertz CT molecular complexity index is 566. The zero-order valence-corrected chi connectivity index (χ0v) is 14.2. The van der Waals surface area contributed by atoms with Crippen molar-refractivity contribution in [1.29, 1.82) is 0 Å². The average Bonchev–Trinajstić information content (AvgIpc) is 2.49. The highest BCUT2D eigenvalue weighted by Gasteiger charge is 2.04. The van der Waals surface area contributed by atoms with E-state index in [4.69, 9.17) is 4.74 Å². The van der Waals surface area contributed by atoms with E-state index >= 15 is 0 Å². The molecule has 0 aliphatic heterocycles. The molecule has 3 heteroatoms. The Morgan fingerprint density at radius 1 is 1.05 bits per heavy atom. The Morgan fingerprint density at radius 2 is 1.76 bits per heavy atom. The van der Waals surface area contributed by atoms with Crippen molar-refractivity contribution in [2.45, 2.75) is 32.7 Å². The lowest BCUT2D eigenvalue weighted by Crippen LogP contribution is -2.04. The Hall–Kier alpha value is -1.32. The van der Waals surface area contributed by atoms with Crippen LogP contribution in [0.5, 0.6) is 11.5 Å². The second-order valence-electron chi connectivity index (χ2n) is 5.14. The summed E-state index contributed by atoms with van der Waals surface area (Å²) in [5, 5.41) is 3.14. The first-order chi connectivity index (χ1) is 10.2. The van der Waals surface area contributed by atoms with Crippen LogP contribution in [-0.2, 0) is 13.0 Å². The minimum atomic E-state index is 0.844. The Balaban J connectivity index is 2.04. The molecule has 21 heavy (non-hydrogen) atoms. The standard InChI is InChI=1S/C18H22BrNO/c1-3-4-5-14-6-9-16(10-7-14)21-18-11-8-15(13-20-2)12-17(18)19/h6-12,20H,3-5,13H2,1-2H3. The fraction of sp³-hybridized carbons (Fsp3) is 0.333. The van der Waals surface area contributed by atoms with Gasteiger partial charge in [-0.05, 0) is 71.2 Å². The van der Waals surface area contributed by atoms with Gasteiger partial charge in [0.1, 0.15) is 11.5 Å². The van der Waals surface area contributed by atoms with Gasteiger partial charge in [0.05, 0.1) is 4.47 Å². The molecule has 2 aromatic carbocycles. The lowest BCUT2D eigenvalue weighted by Gasteiger charge is -2.10. The van der Waals surface area contributed by atoms with Gasteiger partial charge in [-0.15, -0.1) is 0 Å². The highest BCUT2D eigenvalue weighted by Crippen LogP contribution is 2.30. The first kappa shape index (κ1) is 16.1. The van der Waals surface area contributed by atoms with Gasteiger partial charge < -0.3 is 10.1 Å². The number of ether oxygens (including phenoxy) is 1. The minimum absolute atomic E-state index is 0.844. The predicted octanol–water partition coefficient (Wildman–Crippen LogP) is 5.30. The van der Waals surface area contributed by atoms with Gasteiger partial charge in [-0.25, -0.2) is 0 Å². The predicted molar refractivity (Wildman–Crippen MR) is 92.0 cm³/mol. The second-order valence-corrected chi connectivity index (χ2v) is 6.00. The zero-order valence-electron chi connectivity index (χ0n) is 12.7. The number of unbranched alkanes of at least 4 members (excludes halogenated alkanes) is 1. The highest BCUT2D eigenvalue weighted by molar-refractivity contribution is 9.10. The van der Waals surface area contributed by atoms with E-state index in [2.05, 4.69) is 52.4 Å². The molecule has 0 atom stereocenters. The van der Waals surface area contributed by atoms with Crippen LogP contribution in [-0.4, -0.2) is 7.05 Å². The fourth-order valence-electron chi connectivity index (χ4n) is 2.17. The SMILES string of the molecule is CCCCc1ccc(Oc2ccc(CNC)cc2Br)cc1. The molecule has 2 aromatic rings. The number of halogens is 1. The van der Waals surface area contributed by atoms with E-state index in [9.17, 15) is 0 Å². The van der Waals surface area contributed by atoms with Crippen LogP contribution >= 0.6 is 15.9 Å². The lowest BCUT2D eigenvalue weighted by molar-refractivity contribution is 0.479. The molecular weight excluding hydrogens is 326 g/mol. The quantitative estimate of drug-likeness (QED) is 0.733. The molecule has 112 valence electrons. The van der Waals surface area contributed by atoms with Gasteiger partial charge in [0.15, 0.2) is 0 Å². The van der Waals surface area contributed by atoms with Crippen LogP contribution in [0.1, 0.15) is 30.9 Å². The molecule has 0 spiro atoms. The third-order valence-electron chi connectivity index (χ3n) is 3.35. The van der Waals surface area contributed by atoms with Crippen LogP contribution < -0.4 is 10.1 Å². The van der Waals surface area contributed by atoms with E-state index in [-0.39, 0.29) is 0 Å². The van der Waals surface area contributed by atoms with Crippen LogP contribution in [0.4, 0.5) is 0 Å². The van der Waals surface area contributed by atoms with Gasteiger partial charge >= 0.3 is 0 Å². The molecule has 0 amide bonds. The van der Waals surface area contributed by atoms with Crippen molar-refractivity contribution in [2.75, 3.05) is 7.05 Å². The van der Waals surface area contributed by atoms with Gasteiger partial charge in [0.25, 0.3) is 0 Å². The monoisotopic (exact) mass is 347 g/mol. The summed E-state index contributed by atoms with van der Waals surface area (Å²) in [6, 6.07) is 14.5. The van der Waals surface area contributed by atoms with Crippen LogP contribution in [0.2, 0.25) is 0 Å². The van der Waals surface area contributed by atoms with Gasteiger partial charge in [-0.1, -0.05) is 31.5 Å².